The molecule has 0 unspecified atom stereocenters. The minimum absolute atomic E-state index is 0.0169. The van der Waals surface area contributed by atoms with Crippen LogP contribution in [0.3, 0.4) is 0 Å². The third-order valence-corrected chi connectivity index (χ3v) is 4.85. The van der Waals surface area contributed by atoms with Crippen LogP contribution in [-0.4, -0.2) is 32.3 Å². The molecule has 0 spiro atoms. The summed E-state index contributed by atoms with van der Waals surface area (Å²) in [6, 6.07) is 4.61. The van der Waals surface area contributed by atoms with Gasteiger partial charge in [0.1, 0.15) is 12.4 Å². The Morgan fingerprint density at radius 1 is 1.39 bits per heavy atom. The van der Waals surface area contributed by atoms with Crippen molar-refractivity contribution in [3.8, 4) is 5.75 Å². The molecule has 0 aliphatic rings. The van der Waals surface area contributed by atoms with E-state index in [0.717, 1.165) is 0 Å². The molecule has 0 heterocycles. The van der Waals surface area contributed by atoms with E-state index in [1.54, 1.807) is 26.0 Å². The Morgan fingerprint density at radius 2 is 2.06 bits per heavy atom. The van der Waals surface area contributed by atoms with Gasteiger partial charge in [-0.1, -0.05) is 11.6 Å². The second-order valence-electron chi connectivity index (χ2n) is 4.06. The van der Waals surface area contributed by atoms with Gasteiger partial charge < -0.3 is 4.74 Å². The molecule has 0 N–H and O–H groups in total. The molecule has 0 saturated heterocycles. The Kier molecular flexibility index (Phi) is 5.16. The predicted molar refractivity (Wildman–Crippen MR) is 71.3 cm³/mol. The van der Waals surface area contributed by atoms with Gasteiger partial charge in [-0.2, -0.15) is 0 Å². The fraction of sp³-hybridized carbons (Fsp3) is 0.417. The van der Waals surface area contributed by atoms with Crippen LogP contribution >= 0.6 is 11.6 Å². The van der Waals surface area contributed by atoms with Crippen LogP contribution in [0.5, 0.6) is 5.75 Å². The molecule has 0 atom stereocenters. The second kappa shape index (κ2) is 6.20. The van der Waals surface area contributed by atoms with Gasteiger partial charge in [-0.05, 0) is 32.0 Å². The van der Waals surface area contributed by atoms with E-state index in [9.17, 15) is 13.2 Å². The molecular formula is C12H15ClO4S. The third-order valence-electron chi connectivity index (χ3n) is 2.44. The molecule has 0 bridgehead atoms. The van der Waals surface area contributed by atoms with Crippen LogP contribution in [0.25, 0.3) is 0 Å². The number of hydrogen-bond acceptors (Lipinski definition) is 4. The number of hydrogen-bond donors (Lipinski definition) is 0. The predicted octanol–water partition coefficient (Wildman–Crippen LogP) is 2.35. The van der Waals surface area contributed by atoms with E-state index in [1.165, 1.54) is 6.07 Å². The van der Waals surface area contributed by atoms with Crippen LogP contribution in [0.4, 0.5) is 0 Å². The summed E-state index contributed by atoms with van der Waals surface area (Å²) < 4.78 is 28.4. The number of halogens is 1. The molecule has 4 nitrogen and oxygen atoms in total. The van der Waals surface area contributed by atoms with Crippen LogP contribution < -0.4 is 4.74 Å². The van der Waals surface area contributed by atoms with E-state index in [4.69, 9.17) is 16.3 Å². The first-order valence-corrected chi connectivity index (χ1v) is 7.55. The summed E-state index contributed by atoms with van der Waals surface area (Å²) in [5, 5.41) is -0.00360. The largest absolute Gasteiger partial charge is 0.492 e. The molecule has 6 heteroatoms. The summed E-state index contributed by atoms with van der Waals surface area (Å²) in [7, 11) is -3.14. The fourth-order valence-electron chi connectivity index (χ4n) is 1.25. The minimum atomic E-state index is -3.14. The normalized spacial score (nSPS) is 11.6. The lowest BCUT2D eigenvalue weighted by atomic mass is 10.2. The molecule has 18 heavy (non-hydrogen) atoms. The van der Waals surface area contributed by atoms with Crippen LogP contribution in [0.2, 0.25) is 5.02 Å². The van der Waals surface area contributed by atoms with Crippen LogP contribution in [0, 0.1) is 0 Å². The smallest absolute Gasteiger partial charge is 0.155 e. The topological polar surface area (TPSA) is 60.4 Å². The number of carbonyl (C=O) groups excluding carboxylic acids is 1. The highest BCUT2D eigenvalue weighted by atomic mass is 35.5. The molecule has 0 aliphatic heterocycles. The minimum Gasteiger partial charge on any atom is -0.492 e. The van der Waals surface area contributed by atoms with Crippen molar-refractivity contribution in [3.05, 3.63) is 28.8 Å². The summed E-state index contributed by atoms with van der Waals surface area (Å²) in [6.07, 6.45) is 0.623. The van der Waals surface area contributed by atoms with Gasteiger partial charge in [0.2, 0.25) is 0 Å². The number of carbonyl (C=O) groups is 1. The molecule has 1 aromatic rings. The lowest BCUT2D eigenvalue weighted by Gasteiger charge is -2.10. The Hall–Kier alpha value is -1.07. The summed E-state index contributed by atoms with van der Waals surface area (Å²) in [4.78, 5) is 10.8. The number of sulfone groups is 1. The van der Waals surface area contributed by atoms with Crippen molar-refractivity contribution in [1.82, 2.24) is 0 Å². The number of aldehydes is 1. The van der Waals surface area contributed by atoms with E-state index in [1.807, 2.05) is 0 Å². The van der Waals surface area contributed by atoms with E-state index in [2.05, 4.69) is 0 Å². The Balaban J connectivity index is 2.68. The third kappa shape index (κ3) is 3.99. The lowest BCUT2D eigenvalue weighted by Crippen LogP contribution is -2.22. The molecule has 1 aromatic carbocycles. The summed E-state index contributed by atoms with van der Waals surface area (Å²) in [5.41, 5.74) is 0.310. The maximum Gasteiger partial charge on any atom is 0.155 e. The van der Waals surface area contributed by atoms with Crippen molar-refractivity contribution in [3.63, 3.8) is 0 Å². The maximum absolute atomic E-state index is 11.6. The average molecular weight is 291 g/mol. The average Bonchev–Trinajstić information content (AvgIpc) is 2.30. The Labute approximate surface area is 112 Å². The standard InChI is InChI=1S/C12H15ClO4S/c1-9(2)18(15,16)6-5-17-12-4-3-11(13)7-10(12)8-14/h3-4,7-9H,5-6H2,1-2H3. The first kappa shape index (κ1) is 15.0. The van der Waals surface area contributed by atoms with Crippen molar-refractivity contribution in [2.24, 2.45) is 0 Å². The maximum atomic E-state index is 11.6. The molecule has 0 radical (unpaired) electrons. The first-order chi connectivity index (χ1) is 8.36. The van der Waals surface area contributed by atoms with Gasteiger partial charge in [0.15, 0.2) is 16.1 Å². The molecule has 1 rings (SSSR count). The quantitative estimate of drug-likeness (QED) is 0.755. The van der Waals surface area contributed by atoms with E-state index < -0.39 is 15.1 Å². The van der Waals surface area contributed by atoms with Crippen molar-refractivity contribution in [2.75, 3.05) is 12.4 Å². The van der Waals surface area contributed by atoms with E-state index in [-0.39, 0.29) is 12.4 Å². The summed E-state index contributed by atoms with van der Waals surface area (Å²) in [6.45, 7) is 3.26. The van der Waals surface area contributed by atoms with Crippen molar-refractivity contribution in [2.45, 2.75) is 19.1 Å². The molecule has 0 amide bonds. The Bertz CT molecular complexity index is 523. The van der Waals surface area contributed by atoms with Crippen LogP contribution in [0.1, 0.15) is 24.2 Å². The molecular weight excluding hydrogens is 276 g/mol. The summed E-state index contributed by atoms with van der Waals surface area (Å²) >= 11 is 5.73. The highest BCUT2D eigenvalue weighted by Gasteiger charge is 2.16. The fourth-order valence-corrected chi connectivity index (χ4v) is 2.21. The number of rotatable bonds is 6. The van der Waals surface area contributed by atoms with Crippen molar-refractivity contribution < 1.29 is 17.9 Å². The van der Waals surface area contributed by atoms with Gasteiger partial charge in [0, 0.05) is 5.02 Å². The lowest BCUT2D eigenvalue weighted by molar-refractivity contribution is 0.112. The molecule has 100 valence electrons. The van der Waals surface area contributed by atoms with Crippen molar-refractivity contribution >= 4 is 27.7 Å². The SMILES string of the molecule is CC(C)S(=O)(=O)CCOc1ccc(Cl)cc1C=O. The number of benzene rings is 1. The van der Waals surface area contributed by atoms with Gasteiger partial charge in [-0.25, -0.2) is 8.42 Å². The van der Waals surface area contributed by atoms with Gasteiger partial charge in [0.25, 0.3) is 0 Å². The highest BCUT2D eigenvalue weighted by Crippen LogP contribution is 2.21. The molecule has 0 fully saturated rings. The Morgan fingerprint density at radius 3 is 2.61 bits per heavy atom. The zero-order valence-electron chi connectivity index (χ0n) is 10.2. The first-order valence-electron chi connectivity index (χ1n) is 5.46. The van der Waals surface area contributed by atoms with E-state index in [0.29, 0.717) is 22.6 Å². The zero-order chi connectivity index (χ0) is 13.8. The zero-order valence-corrected chi connectivity index (χ0v) is 11.8. The molecule has 0 aliphatic carbocycles. The van der Waals surface area contributed by atoms with Gasteiger partial charge in [-0.3, -0.25) is 4.79 Å². The summed E-state index contributed by atoms with van der Waals surface area (Å²) in [5.74, 6) is 0.263. The molecule has 0 saturated carbocycles. The van der Waals surface area contributed by atoms with Gasteiger partial charge in [0.05, 0.1) is 16.6 Å². The van der Waals surface area contributed by atoms with Crippen LogP contribution in [-0.2, 0) is 9.84 Å². The van der Waals surface area contributed by atoms with Crippen molar-refractivity contribution in [1.29, 1.82) is 0 Å². The monoisotopic (exact) mass is 290 g/mol. The number of ether oxygens (including phenoxy) is 1. The van der Waals surface area contributed by atoms with E-state index >= 15 is 0 Å². The van der Waals surface area contributed by atoms with Gasteiger partial charge >= 0.3 is 0 Å². The van der Waals surface area contributed by atoms with Crippen LogP contribution in [0.15, 0.2) is 18.2 Å². The van der Waals surface area contributed by atoms with Gasteiger partial charge in [-0.15, -0.1) is 0 Å². The highest BCUT2D eigenvalue weighted by molar-refractivity contribution is 7.91. The second-order valence-corrected chi connectivity index (χ2v) is 7.18. The molecule has 0 aromatic heterocycles.